The summed E-state index contributed by atoms with van der Waals surface area (Å²) in [5.41, 5.74) is 2.39. The van der Waals surface area contributed by atoms with Crippen LogP contribution in [-0.4, -0.2) is 17.0 Å². The number of carbonyl (C=O) groups is 2. The Morgan fingerprint density at radius 3 is 2.50 bits per heavy atom. The maximum atomic E-state index is 11.6. The van der Waals surface area contributed by atoms with Gasteiger partial charge in [-0.25, -0.2) is 4.79 Å². The normalized spacial score (nSPS) is 10.9. The predicted octanol–water partition coefficient (Wildman–Crippen LogP) is 2.69. The van der Waals surface area contributed by atoms with E-state index in [1.807, 2.05) is 32.9 Å². The van der Waals surface area contributed by atoms with Crippen molar-refractivity contribution in [1.82, 2.24) is 0 Å². The fraction of sp³-hybridized carbons (Fsp3) is 0.286. The number of amides is 1. The number of hydrogen-bond donors (Lipinski definition) is 2. The Kier molecular flexibility index (Phi) is 4.66. The third-order valence-electron chi connectivity index (χ3n) is 2.31. The minimum absolute atomic E-state index is 0.0613. The summed E-state index contributed by atoms with van der Waals surface area (Å²) < 4.78 is 0. The Labute approximate surface area is 106 Å². The highest BCUT2D eigenvalue weighted by molar-refractivity contribution is 5.92. The van der Waals surface area contributed by atoms with Crippen LogP contribution in [0.5, 0.6) is 0 Å². The molecule has 4 heteroatoms. The van der Waals surface area contributed by atoms with E-state index in [1.54, 1.807) is 6.07 Å². The van der Waals surface area contributed by atoms with Gasteiger partial charge in [-0.2, -0.15) is 0 Å². The van der Waals surface area contributed by atoms with Crippen LogP contribution in [0.2, 0.25) is 0 Å². The van der Waals surface area contributed by atoms with Crippen molar-refractivity contribution in [1.29, 1.82) is 0 Å². The zero-order valence-corrected chi connectivity index (χ0v) is 10.7. The van der Waals surface area contributed by atoms with Crippen molar-refractivity contribution in [3.63, 3.8) is 0 Å². The van der Waals surface area contributed by atoms with Crippen LogP contribution in [-0.2, 0) is 9.59 Å². The lowest BCUT2D eigenvalue weighted by atomic mass is 10.1. The first kappa shape index (κ1) is 14.0. The number of carboxylic acids is 1. The summed E-state index contributed by atoms with van der Waals surface area (Å²) >= 11 is 0. The molecule has 1 aromatic rings. The Balaban J connectivity index is 2.94. The number of hydrogen-bond acceptors (Lipinski definition) is 2. The van der Waals surface area contributed by atoms with Crippen molar-refractivity contribution < 1.29 is 14.7 Å². The molecule has 4 nitrogen and oxygen atoms in total. The van der Waals surface area contributed by atoms with Crippen molar-refractivity contribution in [3.8, 4) is 0 Å². The van der Waals surface area contributed by atoms with Gasteiger partial charge in [-0.3, -0.25) is 4.79 Å². The minimum Gasteiger partial charge on any atom is -0.478 e. The number of aryl methyl sites for hydroxylation is 1. The fourth-order valence-corrected chi connectivity index (χ4v) is 1.44. The number of aliphatic carboxylic acids is 1. The minimum atomic E-state index is -0.996. The lowest BCUT2D eigenvalue weighted by molar-refractivity contribution is -0.131. The molecule has 0 heterocycles. The number of carboxylic acid groups (broad SMARTS) is 1. The van der Waals surface area contributed by atoms with E-state index in [2.05, 4.69) is 5.32 Å². The second-order valence-corrected chi connectivity index (χ2v) is 4.45. The van der Waals surface area contributed by atoms with Crippen molar-refractivity contribution >= 4 is 23.6 Å². The Bertz CT molecular complexity index is 490. The molecular weight excluding hydrogens is 230 g/mol. The molecule has 18 heavy (non-hydrogen) atoms. The highest BCUT2D eigenvalue weighted by Gasteiger charge is 2.07. The molecule has 2 N–H and O–H groups in total. The van der Waals surface area contributed by atoms with Gasteiger partial charge in [0, 0.05) is 17.7 Å². The zero-order valence-electron chi connectivity index (χ0n) is 10.7. The Morgan fingerprint density at radius 2 is 1.94 bits per heavy atom. The number of nitrogens with one attached hydrogen (secondary N) is 1. The molecule has 0 radical (unpaired) electrons. The average Bonchev–Trinajstić information content (AvgIpc) is 2.25. The Hall–Kier alpha value is -2.10. The molecule has 0 aromatic heterocycles. The van der Waals surface area contributed by atoms with Gasteiger partial charge in [0.25, 0.3) is 0 Å². The largest absolute Gasteiger partial charge is 0.478 e. The predicted molar refractivity (Wildman–Crippen MR) is 71.3 cm³/mol. The molecule has 0 fully saturated rings. The van der Waals surface area contributed by atoms with Gasteiger partial charge in [0.1, 0.15) is 0 Å². The topological polar surface area (TPSA) is 66.4 Å². The smallest absolute Gasteiger partial charge is 0.328 e. The first-order chi connectivity index (χ1) is 8.38. The van der Waals surface area contributed by atoms with Crippen LogP contribution in [0.4, 0.5) is 5.69 Å². The molecular formula is C14H17NO3. The molecule has 0 bridgehead atoms. The highest BCUT2D eigenvalue weighted by Crippen LogP contribution is 2.16. The van der Waals surface area contributed by atoms with Gasteiger partial charge in [-0.1, -0.05) is 19.9 Å². The fourth-order valence-electron chi connectivity index (χ4n) is 1.44. The molecule has 0 saturated carbocycles. The lowest BCUT2D eigenvalue weighted by Crippen LogP contribution is -2.17. The summed E-state index contributed by atoms with van der Waals surface area (Å²) in [5.74, 6) is -1.15. The van der Waals surface area contributed by atoms with Gasteiger partial charge in [0.05, 0.1) is 0 Å². The van der Waals surface area contributed by atoms with Crippen molar-refractivity contribution in [2.24, 2.45) is 5.92 Å². The molecule has 0 atom stereocenters. The van der Waals surface area contributed by atoms with E-state index < -0.39 is 5.97 Å². The van der Waals surface area contributed by atoms with Gasteiger partial charge in [-0.15, -0.1) is 0 Å². The van der Waals surface area contributed by atoms with Crippen LogP contribution in [0.3, 0.4) is 0 Å². The quantitative estimate of drug-likeness (QED) is 0.804. The lowest BCUT2D eigenvalue weighted by Gasteiger charge is -2.09. The van der Waals surface area contributed by atoms with Gasteiger partial charge in [0.15, 0.2) is 0 Å². The van der Waals surface area contributed by atoms with Crippen LogP contribution in [0.25, 0.3) is 6.08 Å². The van der Waals surface area contributed by atoms with E-state index in [-0.39, 0.29) is 11.8 Å². The summed E-state index contributed by atoms with van der Waals surface area (Å²) in [4.78, 5) is 22.0. The number of benzene rings is 1. The van der Waals surface area contributed by atoms with E-state index in [4.69, 9.17) is 5.11 Å². The molecule has 1 aromatic carbocycles. The molecule has 1 rings (SSSR count). The van der Waals surface area contributed by atoms with E-state index in [9.17, 15) is 9.59 Å². The summed E-state index contributed by atoms with van der Waals surface area (Å²) in [6, 6.07) is 5.44. The molecule has 0 aliphatic heterocycles. The van der Waals surface area contributed by atoms with Gasteiger partial charge < -0.3 is 10.4 Å². The summed E-state index contributed by atoms with van der Waals surface area (Å²) in [6.07, 6.45) is 2.57. The van der Waals surface area contributed by atoms with Crippen LogP contribution in [0.15, 0.2) is 24.3 Å². The van der Waals surface area contributed by atoms with Gasteiger partial charge >= 0.3 is 5.97 Å². The Morgan fingerprint density at radius 1 is 1.28 bits per heavy atom. The zero-order chi connectivity index (χ0) is 13.7. The van der Waals surface area contributed by atoms with Crippen LogP contribution >= 0.6 is 0 Å². The SMILES string of the molecule is Cc1cc(/C=C/C(=O)O)cc(NC(=O)C(C)C)c1. The third kappa shape index (κ3) is 4.41. The van der Waals surface area contributed by atoms with Crippen LogP contribution in [0, 0.1) is 12.8 Å². The van der Waals surface area contributed by atoms with Gasteiger partial charge in [0.2, 0.25) is 5.91 Å². The molecule has 96 valence electrons. The number of carbonyl (C=O) groups excluding carboxylic acids is 1. The monoisotopic (exact) mass is 247 g/mol. The number of anilines is 1. The molecule has 0 aliphatic rings. The summed E-state index contributed by atoms with van der Waals surface area (Å²) in [7, 11) is 0. The first-order valence-electron chi connectivity index (χ1n) is 5.72. The molecule has 0 saturated heterocycles. The second-order valence-electron chi connectivity index (χ2n) is 4.45. The van der Waals surface area contributed by atoms with E-state index in [1.165, 1.54) is 6.08 Å². The molecule has 1 amide bonds. The first-order valence-corrected chi connectivity index (χ1v) is 5.72. The average molecular weight is 247 g/mol. The second kappa shape index (κ2) is 6.00. The molecule has 0 unspecified atom stereocenters. The number of rotatable bonds is 4. The highest BCUT2D eigenvalue weighted by atomic mass is 16.4. The summed E-state index contributed by atoms with van der Waals surface area (Å²) in [5, 5.41) is 11.4. The summed E-state index contributed by atoms with van der Waals surface area (Å²) in [6.45, 7) is 5.52. The maximum Gasteiger partial charge on any atom is 0.328 e. The maximum absolute atomic E-state index is 11.6. The van der Waals surface area contributed by atoms with Crippen molar-refractivity contribution in [3.05, 3.63) is 35.4 Å². The molecule has 0 spiro atoms. The molecule has 0 aliphatic carbocycles. The van der Waals surface area contributed by atoms with Crippen molar-refractivity contribution in [2.75, 3.05) is 5.32 Å². The van der Waals surface area contributed by atoms with E-state index >= 15 is 0 Å². The van der Waals surface area contributed by atoms with Crippen LogP contribution in [0.1, 0.15) is 25.0 Å². The standard InChI is InChI=1S/C14H17NO3/c1-9(2)14(18)15-12-7-10(3)6-11(8-12)4-5-13(16)17/h4-9H,1-3H3,(H,15,18)(H,16,17)/b5-4+. The van der Waals surface area contributed by atoms with Gasteiger partial charge in [-0.05, 0) is 36.3 Å². The van der Waals surface area contributed by atoms with Crippen molar-refractivity contribution in [2.45, 2.75) is 20.8 Å². The third-order valence-corrected chi connectivity index (χ3v) is 2.31. The van der Waals surface area contributed by atoms with E-state index in [0.29, 0.717) is 5.69 Å². The van der Waals surface area contributed by atoms with E-state index in [0.717, 1.165) is 17.2 Å². The van der Waals surface area contributed by atoms with Crippen LogP contribution < -0.4 is 5.32 Å².